The van der Waals surface area contributed by atoms with Gasteiger partial charge in [-0.2, -0.15) is 0 Å². The van der Waals surface area contributed by atoms with E-state index in [4.69, 9.17) is 4.74 Å². The maximum Gasteiger partial charge on any atom is 0.264 e. The number of carbonyl (C=O) groups is 2. The van der Waals surface area contributed by atoms with Gasteiger partial charge in [-0.1, -0.05) is 48.5 Å². The van der Waals surface area contributed by atoms with Crippen LogP contribution in [0.25, 0.3) is 10.6 Å². The van der Waals surface area contributed by atoms with Gasteiger partial charge in [0.15, 0.2) is 11.7 Å². The highest BCUT2D eigenvalue weighted by Crippen LogP contribution is 2.31. The average Bonchev–Trinajstić information content (AvgIpc) is 3.47. The molecule has 0 aliphatic heterocycles. The van der Waals surface area contributed by atoms with Crippen LogP contribution in [0.15, 0.2) is 72.1 Å². The summed E-state index contributed by atoms with van der Waals surface area (Å²) in [6.45, 7) is 1.90. The minimum absolute atomic E-state index is 0.0616. The molecule has 2 amide bonds. The first-order valence-corrected chi connectivity index (χ1v) is 12.1. The smallest absolute Gasteiger partial charge is 0.264 e. The van der Waals surface area contributed by atoms with E-state index in [1.165, 1.54) is 23.8 Å². The number of thiazole rings is 1. The van der Waals surface area contributed by atoms with Crippen LogP contribution in [0, 0.1) is 0 Å². The van der Waals surface area contributed by atoms with Crippen LogP contribution in [0.3, 0.4) is 0 Å². The van der Waals surface area contributed by atoms with E-state index in [1.807, 2.05) is 60.0 Å². The van der Waals surface area contributed by atoms with Gasteiger partial charge in [0.2, 0.25) is 5.91 Å². The molecular formula is C25H23N3O3S2. The van der Waals surface area contributed by atoms with Gasteiger partial charge in [0.1, 0.15) is 5.75 Å². The predicted octanol–water partition coefficient (Wildman–Crippen LogP) is 5.12. The second-order valence-electron chi connectivity index (χ2n) is 7.32. The molecule has 0 spiro atoms. The third kappa shape index (κ3) is 6.50. The monoisotopic (exact) mass is 477 g/mol. The standard InChI is InChI=1S/C25H23N3O3S2/c1-17(29)26-14-20-11-12-23(33-20)21-16-32-25(27-21)28-24(30)15-31-22-10-6-5-9-19(22)13-18-7-3-2-4-8-18/h2-12,16H,13-15H2,1H3,(H,26,29)(H,27,28,30). The first kappa shape index (κ1) is 22.7. The molecule has 4 rings (SSSR count). The van der Waals surface area contributed by atoms with Crippen LogP contribution < -0.4 is 15.4 Å². The number of ether oxygens (including phenoxy) is 1. The Bertz CT molecular complexity index is 1230. The Hall–Kier alpha value is -3.49. The van der Waals surface area contributed by atoms with E-state index in [1.54, 1.807) is 11.3 Å². The van der Waals surface area contributed by atoms with Gasteiger partial charge in [-0.05, 0) is 29.3 Å². The van der Waals surface area contributed by atoms with E-state index in [0.29, 0.717) is 17.4 Å². The highest BCUT2D eigenvalue weighted by molar-refractivity contribution is 7.17. The Morgan fingerprint density at radius 2 is 1.79 bits per heavy atom. The second kappa shape index (κ2) is 10.9. The van der Waals surface area contributed by atoms with E-state index < -0.39 is 0 Å². The summed E-state index contributed by atoms with van der Waals surface area (Å²) in [7, 11) is 0. The lowest BCUT2D eigenvalue weighted by molar-refractivity contribution is -0.119. The van der Waals surface area contributed by atoms with Crippen molar-refractivity contribution < 1.29 is 14.3 Å². The van der Waals surface area contributed by atoms with Crippen LogP contribution in [-0.4, -0.2) is 23.4 Å². The van der Waals surface area contributed by atoms with Gasteiger partial charge in [-0.3, -0.25) is 14.9 Å². The van der Waals surface area contributed by atoms with Crippen molar-refractivity contribution in [1.29, 1.82) is 0 Å². The third-order valence-electron chi connectivity index (χ3n) is 4.74. The van der Waals surface area contributed by atoms with Crippen LogP contribution in [-0.2, 0) is 22.6 Å². The average molecular weight is 478 g/mol. The Labute approximate surface area is 200 Å². The Balaban J connectivity index is 1.32. The van der Waals surface area contributed by atoms with Gasteiger partial charge in [0.25, 0.3) is 5.91 Å². The van der Waals surface area contributed by atoms with Crippen molar-refractivity contribution in [2.75, 3.05) is 11.9 Å². The number of hydrogen-bond donors (Lipinski definition) is 2. The van der Waals surface area contributed by atoms with Crippen LogP contribution in [0.5, 0.6) is 5.75 Å². The normalized spacial score (nSPS) is 10.6. The number of thiophene rings is 1. The number of hydrogen-bond acceptors (Lipinski definition) is 6. The molecule has 2 aromatic carbocycles. The summed E-state index contributed by atoms with van der Waals surface area (Å²) in [5.41, 5.74) is 3.01. The minimum Gasteiger partial charge on any atom is -0.483 e. The number of benzene rings is 2. The van der Waals surface area contributed by atoms with Gasteiger partial charge in [0, 0.05) is 23.6 Å². The number of para-hydroxylation sites is 1. The summed E-state index contributed by atoms with van der Waals surface area (Å²) in [5, 5.41) is 8.02. The van der Waals surface area contributed by atoms with Crippen molar-refractivity contribution in [2.24, 2.45) is 0 Å². The summed E-state index contributed by atoms with van der Waals surface area (Å²) in [5.74, 6) is 0.373. The summed E-state index contributed by atoms with van der Waals surface area (Å²) in [6.07, 6.45) is 0.735. The summed E-state index contributed by atoms with van der Waals surface area (Å²) in [6, 6.07) is 21.8. The summed E-state index contributed by atoms with van der Waals surface area (Å²) < 4.78 is 5.82. The Kier molecular flexibility index (Phi) is 7.49. The molecule has 0 radical (unpaired) electrons. The molecule has 0 aliphatic carbocycles. The molecule has 2 heterocycles. The Morgan fingerprint density at radius 1 is 1.00 bits per heavy atom. The van der Waals surface area contributed by atoms with Gasteiger partial charge in [-0.25, -0.2) is 4.98 Å². The van der Waals surface area contributed by atoms with Crippen molar-refractivity contribution in [3.63, 3.8) is 0 Å². The highest BCUT2D eigenvalue weighted by atomic mass is 32.1. The molecule has 4 aromatic rings. The molecule has 0 fully saturated rings. The van der Waals surface area contributed by atoms with E-state index in [0.717, 1.165) is 27.4 Å². The van der Waals surface area contributed by atoms with Crippen LogP contribution in [0.2, 0.25) is 0 Å². The number of aromatic nitrogens is 1. The van der Waals surface area contributed by atoms with Crippen molar-refractivity contribution in [2.45, 2.75) is 19.9 Å². The molecule has 0 saturated heterocycles. The molecule has 2 N–H and O–H groups in total. The van der Waals surface area contributed by atoms with Gasteiger partial charge < -0.3 is 10.1 Å². The van der Waals surface area contributed by atoms with Gasteiger partial charge in [0.05, 0.1) is 17.1 Å². The second-order valence-corrected chi connectivity index (χ2v) is 9.35. The molecule has 2 aromatic heterocycles. The quantitative estimate of drug-likeness (QED) is 0.351. The lowest BCUT2D eigenvalue weighted by Gasteiger charge is -2.11. The lowest BCUT2D eigenvalue weighted by Crippen LogP contribution is -2.20. The number of nitrogens with zero attached hydrogens (tertiary/aromatic N) is 1. The molecule has 0 atom stereocenters. The zero-order valence-electron chi connectivity index (χ0n) is 18.0. The zero-order chi connectivity index (χ0) is 23.0. The van der Waals surface area contributed by atoms with Crippen molar-refractivity contribution >= 4 is 39.6 Å². The molecule has 0 aliphatic rings. The fraction of sp³-hybridized carbons (Fsp3) is 0.160. The first-order valence-electron chi connectivity index (χ1n) is 10.4. The van der Waals surface area contributed by atoms with Crippen molar-refractivity contribution in [1.82, 2.24) is 10.3 Å². The molecule has 168 valence electrons. The molecule has 8 heteroatoms. The molecule has 33 heavy (non-hydrogen) atoms. The van der Waals surface area contributed by atoms with Gasteiger partial charge >= 0.3 is 0 Å². The van der Waals surface area contributed by atoms with Crippen molar-refractivity contribution in [3.8, 4) is 16.3 Å². The van der Waals surface area contributed by atoms with Crippen molar-refractivity contribution in [3.05, 3.63) is 88.1 Å². The van der Waals surface area contributed by atoms with E-state index >= 15 is 0 Å². The third-order valence-corrected chi connectivity index (χ3v) is 6.61. The number of amides is 2. The van der Waals surface area contributed by atoms with Gasteiger partial charge in [-0.15, -0.1) is 22.7 Å². The first-order chi connectivity index (χ1) is 16.1. The fourth-order valence-electron chi connectivity index (χ4n) is 3.17. The Morgan fingerprint density at radius 3 is 2.61 bits per heavy atom. The molecule has 0 bridgehead atoms. The van der Waals surface area contributed by atoms with Crippen LogP contribution >= 0.6 is 22.7 Å². The lowest BCUT2D eigenvalue weighted by atomic mass is 10.0. The SMILES string of the molecule is CC(=O)NCc1ccc(-c2csc(NC(=O)COc3ccccc3Cc3ccccc3)n2)s1. The molecule has 0 saturated carbocycles. The molecular weight excluding hydrogens is 454 g/mol. The number of carbonyl (C=O) groups excluding carboxylic acids is 2. The minimum atomic E-state index is -0.261. The summed E-state index contributed by atoms with van der Waals surface area (Å²) >= 11 is 2.93. The number of nitrogens with one attached hydrogen (secondary N) is 2. The molecule has 0 unspecified atom stereocenters. The largest absolute Gasteiger partial charge is 0.483 e. The molecule has 6 nitrogen and oxygen atoms in total. The fourth-order valence-corrected chi connectivity index (χ4v) is 4.88. The number of anilines is 1. The highest BCUT2D eigenvalue weighted by Gasteiger charge is 2.12. The maximum atomic E-state index is 12.4. The topological polar surface area (TPSA) is 80.3 Å². The van der Waals surface area contributed by atoms with E-state index in [2.05, 4.69) is 27.8 Å². The van der Waals surface area contributed by atoms with Crippen LogP contribution in [0.1, 0.15) is 22.9 Å². The van der Waals surface area contributed by atoms with E-state index in [9.17, 15) is 9.59 Å². The predicted molar refractivity (Wildman–Crippen MR) is 133 cm³/mol. The number of rotatable bonds is 9. The zero-order valence-corrected chi connectivity index (χ0v) is 19.7. The van der Waals surface area contributed by atoms with Crippen LogP contribution in [0.4, 0.5) is 5.13 Å². The maximum absolute atomic E-state index is 12.4. The van der Waals surface area contributed by atoms with E-state index in [-0.39, 0.29) is 18.4 Å². The summed E-state index contributed by atoms with van der Waals surface area (Å²) in [4.78, 5) is 30.1.